The Labute approximate surface area is 152 Å². The molecule has 128 valence electrons. The molecule has 3 rings (SSSR count). The summed E-state index contributed by atoms with van der Waals surface area (Å²) in [7, 11) is 0. The van der Waals surface area contributed by atoms with E-state index in [1.165, 1.54) is 0 Å². The molecule has 0 saturated carbocycles. The van der Waals surface area contributed by atoms with Crippen molar-refractivity contribution in [3.63, 3.8) is 0 Å². The molecule has 1 aromatic carbocycles. The van der Waals surface area contributed by atoms with Crippen molar-refractivity contribution in [3.8, 4) is 5.75 Å². The average molecular weight is 405 g/mol. The second-order valence-corrected chi connectivity index (χ2v) is 6.35. The zero-order chi connectivity index (χ0) is 17.6. The van der Waals surface area contributed by atoms with Crippen LogP contribution in [0.15, 0.2) is 71.6 Å². The number of alkyl halides is 2. The summed E-state index contributed by atoms with van der Waals surface area (Å²) in [5.74, 6) is -0.0493. The first-order valence-electron chi connectivity index (χ1n) is 7.67. The number of halogens is 3. The molecule has 0 aliphatic carbocycles. The van der Waals surface area contributed by atoms with E-state index < -0.39 is 6.61 Å². The van der Waals surface area contributed by atoms with Crippen LogP contribution in [0.3, 0.4) is 0 Å². The van der Waals surface area contributed by atoms with Gasteiger partial charge in [0.05, 0.1) is 0 Å². The van der Waals surface area contributed by atoms with Gasteiger partial charge in [0.25, 0.3) is 0 Å². The predicted octanol–water partition coefficient (Wildman–Crippen LogP) is 5.22. The average Bonchev–Trinajstić information content (AvgIpc) is 2.62. The maximum Gasteiger partial charge on any atom is 0.387 e. The van der Waals surface area contributed by atoms with Crippen LogP contribution in [0.4, 0.5) is 8.78 Å². The van der Waals surface area contributed by atoms with Gasteiger partial charge < -0.3 is 4.74 Å². The quantitative estimate of drug-likeness (QED) is 0.565. The Morgan fingerprint density at radius 2 is 1.76 bits per heavy atom. The SMILES string of the molecule is FC(F)Oc1ccccc1C(Cc1ccncc1)c1ccc(Br)cn1. The van der Waals surface area contributed by atoms with E-state index in [-0.39, 0.29) is 11.7 Å². The standard InChI is InChI=1S/C19H15BrF2N2O/c20-14-5-6-17(24-12-14)16(11-13-7-9-23-10-8-13)15-3-1-2-4-18(15)25-19(21)22/h1-10,12,16,19H,11H2. The highest BCUT2D eigenvalue weighted by atomic mass is 79.9. The molecule has 6 heteroatoms. The first-order valence-corrected chi connectivity index (χ1v) is 8.47. The monoisotopic (exact) mass is 404 g/mol. The fraction of sp³-hybridized carbons (Fsp3) is 0.158. The zero-order valence-corrected chi connectivity index (χ0v) is 14.7. The first kappa shape index (κ1) is 17.5. The van der Waals surface area contributed by atoms with Gasteiger partial charge in [-0.15, -0.1) is 0 Å². The molecule has 0 aliphatic rings. The van der Waals surface area contributed by atoms with Gasteiger partial charge in [-0.1, -0.05) is 18.2 Å². The van der Waals surface area contributed by atoms with E-state index in [0.29, 0.717) is 12.0 Å². The molecular formula is C19H15BrF2N2O. The highest BCUT2D eigenvalue weighted by Gasteiger charge is 2.21. The molecule has 0 saturated heterocycles. The molecule has 3 nitrogen and oxygen atoms in total. The first-order chi connectivity index (χ1) is 12.1. The van der Waals surface area contributed by atoms with Crippen LogP contribution in [0.2, 0.25) is 0 Å². The molecule has 3 aromatic rings. The van der Waals surface area contributed by atoms with Gasteiger partial charge in [0.15, 0.2) is 0 Å². The Balaban J connectivity index is 2.03. The van der Waals surface area contributed by atoms with Crippen molar-refractivity contribution < 1.29 is 13.5 Å². The van der Waals surface area contributed by atoms with Crippen molar-refractivity contribution in [1.82, 2.24) is 9.97 Å². The number of nitrogens with zero attached hydrogens (tertiary/aromatic N) is 2. The summed E-state index contributed by atoms with van der Waals surface area (Å²) in [6, 6.07) is 14.4. The minimum absolute atomic E-state index is 0.168. The Kier molecular flexibility index (Phi) is 5.71. The summed E-state index contributed by atoms with van der Waals surface area (Å²) in [6.45, 7) is -2.87. The van der Waals surface area contributed by atoms with Gasteiger partial charge in [-0.25, -0.2) is 0 Å². The van der Waals surface area contributed by atoms with Crippen LogP contribution in [-0.2, 0) is 6.42 Å². The van der Waals surface area contributed by atoms with Crippen LogP contribution in [0.25, 0.3) is 0 Å². The molecule has 2 aromatic heterocycles. The fourth-order valence-electron chi connectivity index (χ4n) is 2.69. The number of rotatable bonds is 6. The van der Waals surface area contributed by atoms with Gasteiger partial charge >= 0.3 is 6.61 Å². The van der Waals surface area contributed by atoms with Gasteiger partial charge in [-0.2, -0.15) is 8.78 Å². The third kappa shape index (κ3) is 4.60. The number of pyridine rings is 2. The van der Waals surface area contributed by atoms with Crippen molar-refractivity contribution in [2.24, 2.45) is 0 Å². The maximum absolute atomic E-state index is 12.8. The number of ether oxygens (including phenoxy) is 1. The van der Waals surface area contributed by atoms with Crippen molar-refractivity contribution in [1.29, 1.82) is 0 Å². The van der Waals surface area contributed by atoms with Crippen LogP contribution in [0.5, 0.6) is 5.75 Å². The summed E-state index contributed by atoms with van der Waals surface area (Å²) in [5, 5.41) is 0. The Hall–Kier alpha value is -2.34. The maximum atomic E-state index is 12.8. The Morgan fingerprint density at radius 3 is 2.44 bits per heavy atom. The lowest BCUT2D eigenvalue weighted by atomic mass is 9.88. The van der Waals surface area contributed by atoms with Gasteiger partial charge in [0.2, 0.25) is 0 Å². The van der Waals surface area contributed by atoms with E-state index in [4.69, 9.17) is 4.74 Å². The number of aromatic nitrogens is 2. The van der Waals surface area contributed by atoms with Gasteiger partial charge in [0.1, 0.15) is 5.75 Å². The lowest BCUT2D eigenvalue weighted by Crippen LogP contribution is -2.11. The number of benzene rings is 1. The predicted molar refractivity (Wildman–Crippen MR) is 94.8 cm³/mol. The molecule has 0 bridgehead atoms. The molecule has 0 fully saturated rings. The lowest BCUT2D eigenvalue weighted by molar-refractivity contribution is -0.0505. The lowest BCUT2D eigenvalue weighted by Gasteiger charge is -2.20. The van der Waals surface area contributed by atoms with E-state index in [1.54, 1.807) is 36.8 Å². The van der Waals surface area contributed by atoms with Crippen molar-refractivity contribution >= 4 is 15.9 Å². The van der Waals surface area contributed by atoms with E-state index in [0.717, 1.165) is 15.7 Å². The molecule has 1 atom stereocenters. The van der Waals surface area contributed by atoms with Crippen LogP contribution in [0, 0.1) is 0 Å². The van der Waals surface area contributed by atoms with Crippen LogP contribution in [-0.4, -0.2) is 16.6 Å². The van der Waals surface area contributed by atoms with Crippen molar-refractivity contribution in [3.05, 3.63) is 88.4 Å². The minimum atomic E-state index is -2.87. The largest absolute Gasteiger partial charge is 0.435 e. The van der Waals surface area contributed by atoms with E-state index >= 15 is 0 Å². The third-order valence-corrected chi connectivity index (χ3v) is 4.28. The van der Waals surface area contributed by atoms with E-state index in [9.17, 15) is 8.78 Å². The summed E-state index contributed by atoms with van der Waals surface area (Å²) in [6.07, 6.45) is 5.72. The molecule has 25 heavy (non-hydrogen) atoms. The summed E-state index contributed by atoms with van der Waals surface area (Å²) >= 11 is 3.37. The van der Waals surface area contributed by atoms with Crippen molar-refractivity contribution in [2.75, 3.05) is 0 Å². The van der Waals surface area contributed by atoms with E-state index in [1.807, 2.05) is 30.3 Å². The topological polar surface area (TPSA) is 35.0 Å². The Bertz CT molecular complexity index is 813. The normalized spacial score (nSPS) is 12.2. The molecular weight excluding hydrogens is 390 g/mol. The number of hydrogen-bond donors (Lipinski definition) is 0. The van der Waals surface area contributed by atoms with Crippen LogP contribution >= 0.6 is 15.9 Å². The van der Waals surface area contributed by atoms with Gasteiger partial charge in [-0.05, 0) is 58.2 Å². The molecule has 0 amide bonds. The third-order valence-electron chi connectivity index (χ3n) is 3.81. The zero-order valence-electron chi connectivity index (χ0n) is 13.1. The highest BCUT2D eigenvalue weighted by Crippen LogP contribution is 2.34. The molecule has 2 heterocycles. The van der Waals surface area contributed by atoms with Gasteiger partial charge in [0, 0.05) is 40.2 Å². The minimum Gasteiger partial charge on any atom is -0.435 e. The number of para-hydroxylation sites is 1. The number of hydrogen-bond acceptors (Lipinski definition) is 3. The van der Waals surface area contributed by atoms with E-state index in [2.05, 4.69) is 25.9 Å². The second-order valence-electron chi connectivity index (χ2n) is 5.43. The van der Waals surface area contributed by atoms with Crippen LogP contribution in [0.1, 0.15) is 22.7 Å². The fourth-order valence-corrected chi connectivity index (χ4v) is 2.93. The smallest absolute Gasteiger partial charge is 0.387 e. The molecule has 0 N–H and O–H groups in total. The second kappa shape index (κ2) is 8.16. The van der Waals surface area contributed by atoms with Crippen molar-refractivity contribution in [2.45, 2.75) is 19.0 Å². The summed E-state index contributed by atoms with van der Waals surface area (Å²) in [4.78, 5) is 8.49. The molecule has 0 aliphatic heterocycles. The summed E-state index contributed by atoms with van der Waals surface area (Å²) in [5.41, 5.74) is 2.50. The molecule has 0 spiro atoms. The Morgan fingerprint density at radius 1 is 1.00 bits per heavy atom. The molecule has 1 unspecified atom stereocenters. The highest BCUT2D eigenvalue weighted by molar-refractivity contribution is 9.10. The van der Waals surface area contributed by atoms with Gasteiger partial charge in [-0.3, -0.25) is 9.97 Å². The van der Waals surface area contributed by atoms with Crippen LogP contribution < -0.4 is 4.74 Å². The summed E-state index contributed by atoms with van der Waals surface area (Å²) < 4.78 is 31.2. The molecule has 0 radical (unpaired) electrons.